The number of hydrogen-bond acceptors (Lipinski definition) is 4. The van der Waals surface area contributed by atoms with Crippen LogP contribution in [0.3, 0.4) is 0 Å². The molecule has 1 aliphatic carbocycles. The number of rotatable bonds is 5. The minimum Gasteiger partial charge on any atom is -0.476 e. The van der Waals surface area contributed by atoms with Crippen molar-refractivity contribution in [1.82, 2.24) is 0 Å². The van der Waals surface area contributed by atoms with E-state index in [1.54, 1.807) is 24.3 Å². The number of nitrogens with zero attached hydrogens (tertiary/aromatic N) is 1. The highest BCUT2D eigenvalue weighted by molar-refractivity contribution is 5.85. The molecule has 118 valence electrons. The van der Waals surface area contributed by atoms with Crippen LogP contribution in [0.5, 0.6) is 5.75 Å². The van der Waals surface area contributed by atoms with Crippen molar-refractivity contribution in [3.05, 3.63) is 41.8 Å². The zero-order chi connectivity index (χ0) is 16.2. The van der Waals surface area contributed by atoms with Gasteiger partial charge in [0.2, 0.25) is 11.6 Å². The van der Waals surface area contributed by atoms with Gasteiger partial charge < -0.3 is 9.84 Å². The van der Waals surface area contributed by atoms with E-state index >= 15 is 0 Å². The average Bonchev–Trinajstić information content (AvgIpc) is 2.48. The van der Waals surface area contributed by atoms with Gasteiger partial charge in [-0.15, -0.1) is 5.11 Å². The molecule has 5 nitrogen and oxygen atoms in total. The molecule has 0 aliphatic heterocycles. The molecule has 1 fully saturated rings. The van der Waals surface area contributed by atoms with Crippen LogP contribution in [0.15, 0.2) is 41.3 Å². The van der Waals surface area contributed by atoms with Crippen LogP contribution in [-0.2, 0) is 4.79 Å². The number of ether oxygens (including phenoxy) is 1. The summed E-state index contributed by atoms with van der Waals surface area (Å²) in [5, 5.41) is 11.5. The number of aliphatic carboxylic acids is 1. The highest BCUT2D eigenvalue weighted by Gasteiger charge is 2.35. The van der Waals surface area contributed by atoms with Crippen molar-refractivity contribution in [1.29, 1.82) is 5.53 Å². The third-order valence-electron chi connectivity index (χ3n) is 3.71. The highest BCUT2D eigenvalue weighted by Crippen LogP contribution is 2.41. The van der Waals surface area contributed by atoms with Crippen LogP contribution >= 0.6 is 0 Å². The van der Waals surface area contributed by atoms with Crippen molar-refractivity contribution in [2.24, 2.45) is 5.11 Å². The predicted octanol–water partition coefficient (Wildman–Crippen LogP) is 4.32. The number of hydrogen-bond donors (Lipinski definition) is 2. The van der Waals surface area contributed by atoms with E-state index in [1.165, 1.54) is 0 Å². The van der Waals surface area contributed by atoms with E-state index < -0.39 is 17.6 Å². The van der Waals surface area contributed by atoms with Gasteiger partial charge in [0.1, 0.15) is 12.0 Å². The molecule has 1 aromatic rings. The fourth-order valence-corrected chi connectivity index (χ4v) is 2.44. The number of carboxylic acid groups (broad SMARTS) is 1. The van der Waals surface area contributed by atoms with Gasteiger partial charge >= 0.3 is 5.97 Å². The van der Waals surface area contributed by atoms with Crippen LogP contribution in [0.1, 0.15) is 37.2 Å². The lowest BCUT2D eigenvalue weighted by Gasteiger charge is -2.28. The minimum atomic E-state index is -2.54. The largest absolute Gasteiger partial charge is 0.476 e. The second kappa shape index (κ2) is 6.64. The molecule has 0 spiro atoms. The highest BCUT2D eigenvalue weighted by atomic mass is 19.3. The lowest BCUT2D eigenvalue weighted by atomic mass is 9.82. The Morgan fingerprint density at radius 3 is 2.41 bits per heavy atom. The summed E-state index contributed by atoms with van der Waals surface area (Å²) in [7, 11) is 0. The first-order chi connectivity index (χ1) is 10.4. The first-order valence-electron chi connectivity index (χ1n) is 6.87. The van der Waals surface area contributed by atoms with Crippen molar-refractivity contribution in [3.8, 4) is 5.75 Å². The zero-order valence-corrected chi connectivity index (χ0v) is 11.8. The van der Waals surface area contributed by atoms with Crippen LogP contribution in [0, 0.1) is 5.53 Å². The summed E-state index contributed by atoms with van der Waals surface area (Å²) in [5.74, 6) is -3.39. The Hall–Kier alpha value is -2.31. The third-order valence-corrected chi connectivity index (χ3v) is 3.71. The normalized spacial score (nSPS) is 18.7. The van der Waals surface area contributed by atoms with Crippen molar-refractivity contribution < 1.29 is 23.4 Å². The summed E-state index contributed by atoms with van der Waals surface area (Å²) in [6.07, 6.45) is 1.60. The summed E-state index contributed by atoms with van der Waals surface area (Å²) < 4.78 is 31.4. The van der Waals surface area contributed by atoms with Gasteiger partial charge in [0.25, 0.3) is 0 Å². The van der Waals surface area contributed by atoms with E-state index in [0.29, 0.717) is 18.6 Å². The number of nitrogens with one attached hydrogen (secondary N) is 1. The maximum atomic E-state index is 13.1. The molecule has 0 aromatic heterocycles. The van der Waals surface area contributed by atoms with Crippen molar-refractivity contribution >= 4 is 5.97 Å². The first-order valence-corrected chi connectivity index (χ1v) is 6.87. The Bertz CT molecular complexity index is 575. The van der Waals surface area contributed by atoms with Gasteiger partial charge in [-0.25, -0.2) is 19.1 Å². The Morgan fingerprint density at radius 2 is 1.91 bits per heavy atom. The van der Waals surface area contributed by atoms with Crippen LogP contribution in [0.2, 0.25) is 0 Å². The molecule has 22 heavy (non-hydrogen) atoms. The van der Waals surface area contributed by atoms with Gasteiger partial charge in [0.05, 0.1) is 0 Å². The molecule has 7 heteroatoms. The second-order valence-electron chi connectivity index (χ2n) is 5.24. The molecule has 2 rings (SSSR count). The van der Waals surface area contributed by atoms with E-state index in [-0.39, 0.29) is 18.8 Å². The van der Waals surface area contributed by atoms with Crippen molar-refractivity contribution in [2.75, 3.05) is 0 Å². The molecule has 1 aliphatic rings. The van der Waals surface area contributed by atoms with E-state index in [0.717, 1.165) is 11.8 Å². The number of carboxylic acids is 1. The molecule has 0 amide bonds. The fourth-order valence-electron chi connectivity index (χ4n) is 2.44. The Balaban J connectivity index is 1.99. The molecule has 2 N–H and O–H groups in total. The molecular formula is C15H16F2N2O3. The molecule has 0 bridgehead atoms. The maximum absolute atomic E-state index is 13.1. The fraction of sp³-hybridized carbons (Fsp3) is 0.400. The van der Waals surface area contributed by atoms with Gasteiger partial charge in [0.15, 0.2) is 0 Å². The summed E-state index contributed by atoms with van der Waals surface area (Å²) >= 11 is 0. The number of carbonyl (C=O) groups is 1. The first kappa shape index (κ1) is 16.1. The lowest BCUT2D eigenvalue weighted by molar-refractivity contribution is -0.132. The average molecular weight is 310 g/mol. The van der Waals surface area contributed by atoms with E-state index in [4.69, 9.17) is 15.4 Å². The Kier molecular flexibility index (Phi) is 4.85. The predicted molar refractivity (Wildman–Crippen MR) is 74.1 cm³/mol. The summed E-state index contributed by atoms with van der Waals surface area (Å²) in [6, 6.07) is 6.86. The quantitative estimate of drug-likeness (QED) is 0.483. The SMILES string of the molecule is N=NC(=COc1ccc(C2CCC(F)(F)CC2)cc1)C(=O)O. The van der Waals surface area contributed by atoms with Crippen LogP contribution in [-0.4, -0.2) is 17.0 Å². The van der Waals surface area contributed by atoms with Crippen molar-refractivity contribution in [2.45, 2.75) is 37.5 Å². The van der Waals surface area contributed by atoms with Crippen LogP contribution in [0.25, 0.3) is 0 Å². The minimum absolute atomic E-state index is 0.0916. The molecule has 0 radical (unpaired) electrons. The van der Waals surface area contributed by atoms with Crippen LogP contribution in [0.4, 0.5) is 8.78 Å². The molecule has 1 saturated carbocycles. The third kappa shape index (κ3) is 4.09. The molecule has 1 aromatic carbocycles. The van der Waals surface area contributed by atoms with Gasteiger partial charge in [-0.05, 0) is 36.5 Å². The Morgan fingerprint density at radius 1 is 1.32 bits per heavy atom. The molecule has 0 heterocycles. The number of alkyl halides is 2. The standard InChI is InChI=1S/C15H16F2N2O3/c16-15(17)7-5-11(6-8-15)10-1-3-12(4-2-10)22-9-13(19-18)14(20)21/h1-4,9,11,18H,5-8H2,(H,20,21). The van der Waals surface area contributed by atoms with Gasteiger partial charge in [-0.3, -0.25) is 0 Å². The van der Waals surface area contributed by atoms with E-state index in [2.05, 4.69) is 5.11 Å². The van der Waals surface area contributed by atoms with Crippen LogP contribution < -0.4 is 4.74 Å². The van der Waals surface area contributed by atoms with Crippen molar-refractivity contribution in [3.63, 3.8) is 0 Å². The second-order valence-corrected chi connectivity index (χ2v) is 5.24. The smallest absolute Gasteiger partial charge is 0.359 e. The monoisotopic (exact) mass is 310 g/mol. The molecule has 0 atom stereocenters. The van der Waals surface area contributed by atoms with E-state index in [1.807, 2.05) is 0 Å². The summed E-state index contributed by atoms with van der Waals surface area (Å²) in [5.41, 5.74) is 7.14. The van der Waals surface area contributed by atoms with E-state index in [9.17, 15) is 13.6 Å². The number of benzene rings is 1. The topological polar surface area (TPSA) is 82.7 Å². The molecule has 0 saturated heterocycles. The van der Waals surface area contributed by atoms with Gasteiger partial charge in [0, 0.05) is 12.8 Å². The summed E-state index contributed by atoms with van der Waals surface area (Å²) in [4.78, 5) is 10.6. The molecular weight excluding hydrogens is 294 g/mol. The van der Waals surface area contributed by atoms with Gasteiger partial charge in [-0.2, -0.15) is 0 Å². The molecule has 0 unspecified atom stereocenters. The van der Waals surface area contributed by atoms with Gasteiger partial charge in [-0.1, -0.05) is 12.1 Å². The Labute approximate surface area is 126 Å². The lowest BCUT2D eigenvalue weighted by Crippen LogP contribution is -2.23. The zero-order valence-electron chi connectivity index (χ0n) is 11.8. The maximum Gasteiger partial charge on any atom is 0.359 e. The summed E-state index contributed by atoms with van der Waals surface area (Å²) in [6.45, 7) is 0. The number of halogens is 2.